The van der Waals surface area contributed by atoms with Gasteiger partial charge in [-0.25, -0.2) is 4.79 Å². The number of carbonyl (C=O) groups is 1. The van der Waals surface area contributed by atoms with Gasteiger partial charge in [-0.15, -0.1) is 0 Å². The van der Waals surface area contributed by atoms with E-state index < -0.39 is 0 Å². The van der Waals surface area contributed by atoms with Crippen molar-refractivity contribution in [3.8, 4) is 0 Å². The van der Waals surface area contributed by atoms with Crippen molar-refractivity contribution in [3.05, 3.63) is 53.9 Å². The van der Waals surface area contributed by atoms with Gasteiger partial charge in [0.15, 0.2) is 0 Å². The SMILES string of the molecule is CCN(Cc1ccc(C(=O)OC)cn1)c1ccccc1N. The normalized spacial score (nSPS) is 10.2. The highest BCUT2D eigenvalue weighted by molar-refractivity contribution is 5.88. The molecule has 2 rings (SSSR count). The number of benzene rings is 1. The minimum Gasteiger partial charge on any atom is -0.465 e. The number of nitrogens with two attached hydrogens (primary N) is 1. The van der Waals surface area contributed by atoms with Gasteiger partial charge in [-0.2, -0.15) is 0 Å². The van der Waals surface area contributed by atoms with Crippen LogP contribution in [0.5, 0.6) is 0 Å². The predicted octanol–water partition coefficient (Wildman–Crippen LogP) is 2.48. The van der Waals surface area contributed by atoms with Gasteiger partial charge >= 0.3 is 5.97 Å². The Morgan fingerprint density at radius 1 is 1.29 bits per heavy atom. The molecular formula is C16H19N3O2. The third-order valence-corrected chi connectivity index (χ3v) is 3.26. The molecule has 0 aliphatic heterocycles. The largest absolute Gasteiger partial charge is 0.465 e. The molecule has 110 valence electrons. The Balaban J connectivity index is 2.16. The number of nitrogen functional groups attached to an aromatic ring is 1. The van der Waals surface area contributed by atoms with Crippen LogP contribution < -0.4 is 10.6 Å². The van der Waals surface area contributed by atoms with Crippen molar-refractivity contribution in [2.75, 3.05) is 24.3 Å². The Morgan fingerprint density at radius 3 is 2.62 bits per heavy atom. The van der Waals surface area contributed by atoms with E-state index in [-0.39, 0.29) is 5.97 Å². The van der Waals surface area contributed by atoms with Gasteiger partial charge < -0.3 is 15.4 Å². The van der Waals surface area contributed by atoms with Crippen LogP contribution in [0.3, 0.4) is 0 Å². The number of methoxy groups -OCH3 is 1. The molecule has 0 fully saturated rings. The summed E-state index contributed by atoms with van der Waals surface area (Å²) in [6, 6.07) is 11.3. The van der Waals surface area contributed by atoms with Crippen LogP contribution in [0.25, 0.3) is 0 Å². The highest BCUT2D eigenvalue weighted by Crippen LogP contribution is 2.23. The standard InChI is InChI=1S/C16H19N3O2/c1-3-19(15-7-5-4-6-14(15)17)11-13-9-8-12(10-18-13)16(20)21-2/h4-10H,3,11,17H2,1-2H3. The van der Waals surface area contributed by atoms with E-state index in [4.69, 9.17) is 5.73 Å². The fourth-order valence-electron chi connectivity index (χ4n) is 2.10. The highest BCUT2D eigenvalue weighted by atomic mass is 16.5. The summed E-state index contributed by atoms with van der Waals surface area (Å²) in [5, 5.41) is 0. The van der Waals surface area contributed by atoms with Gasteiger partial charge in [0.05, 0.1) is 36.3 Å². The van der Waals surface area contributed by atoms with Gasteiger partial charge in [-0.1, -0.05) is 12.1 Å². The van der Waals surface area contributed by atoms with Crippen molar-refractivity contribution in [1.82, 2.24) is 4.98 Å². The van der Waals surface area contributed by atoms with Crippen LogP contribution in [0.4, 0.5) is 11.4 Å². The first-order valence-corrected chi connectivity index (χ1v) is 6.78. The fraction of sp³-hybridized carbons (Fsp3) is 0.250. The maximum atomic E-state index is 11.4. The lowest BCUT2D eigenvalue weighted by atomic mass is 10.2. The minimum absolute atomic E-state index is 0.381. The molecular weight excluding hydrogens is 266 g/mol. The van der Waals surface area contributed by atoms with Gasteiger partial charge in [-0.05, 0) is 31.2 Å². The van der Waals surface area contributed by atoms with Crippen molar-refractivity contribution in [3.63, 3.8) is 0 Å². The number of esters is 1. The van der Waals surface area contributed by atoms with E-state index in [1.54, 1.807) is 6.07 Å². The molecule has 0 saturated heterocycles. The quantitative estimate of drug-likeness (QED) is 0.675. The zero-order valence-electron chi connectivity index (χ0n) is 12.2. The molecule has 0 spiro atoms. The lowest BCUT2D eigenvalue weighted by Crippen LogP contribution is -2.23. The molecule has 0 amide bonds. The molecule has 1 heterocycles. The van der Waals surface area contributed by atoms with E-state index in [2.05, 4.69) is 21.5 Å². The Bertz CT molecular complexity index is 611. The first-order chi connectivity index (χ1) is 10.2. The number of hydrogen-bond donors (Lipinski definition) is 1. The van der Waals surface area contributed by atoms with E-state index >= 15 is 0 Å². The summed E-state index contributed by atoms with van der Waals surface area (Å²) in [7, 11) is 1.35. The number of carbonyl (C=O) groups excluding carboxylic acids is 1. The molecule has 0 bridgehead atoms. The summed E-state index contributed by atoms with van der Waals surface area (Å²) in [4.78, 5) is 17.8. The summed E-state index contributed by atoms with van der Waals surface area (Å²) in [6.07, 6.45) is 1.53. The van der Waals surface area contributed by atoms with Crippen molar-refractivity contribution in [2.24, 2.45) is 0 Å². The third-order valence-electron chi connectivity index (χ3n) is 3.26. The smallest absolute Gasteiger partial charge is 0.339 e. The summed E-state index contributed by atoms with van der Waals surface area (Å²) in [6.45, 7) is 3.51. The van der Waals surface area contributed by atoms with Crippen molar-refractivity contribution < 1.29 is 9.53 Å². The summed E-state index contributed by atoms with van der Waals surface area (Å²) >= 11 is 0. The summed E-state index contributed by atoms with van der Waals surface area (Å²) in [5.74, 6) is -0.381. The number of para-hydroxylation sites is 2. The van der Waals surface area contributed by atoms with Gasteiger partial charge in [0, 0.05) is 12.7 Å². The third kappa shape index (κ3) is 3.51. The Hall–Kier alpha value is -2.56. The number of nitrogens with zero attached hydrogens (tertiary/aromatic N) is 2. The van der Waals surface area contributed by atoms with Gasteiger partial charge in [0.2, 0.25) is 0 Å². The Morgan fingerprint density at radius 2 is 2.05 bits per heavy atom. The van der Waals surface area contributed by atoms with E-state index in [1.165, 1.54) is 13.3 Å². The number of ether oxygens (including phenoxy) is 1. The molecule has 0 aliphatic rings. The number of rotatable bonds is 5. The average Bonchev–Trinajstić information content (AvgIpc) is 2.53. The van der Waals surface area contributed by atoms with Crippen LogP contribution in [0.1, 0.15) is 23.0 Å². The molecule has 0 radical (unpaired) electrons. The molecule has 21 heavy (non-hydrogen) atoms. The topological polar surface area (TPSA) is 68.5 Å². The zero-order valence-corrected chi connectivity index (χ0v) is 12.2. The lowest BCUT2D eigenvalue weighted by molar-refractivity contribution is 0.0600. The molecule has 0 unspecified atom stereocenters. The highest BCUT2D eigenvalue weighted by Gasteiger charge is 2.10. The second kappa shape index (κ2) is 6.74. The van der Waals surface area contributed by atoms with E-state index in [0.717, 1.165) is 23.6 Å². The number of pyridine rings is 1. The number of aromatic nitrogens is 1. The molecule has 1 aromatic carbocycles. The van der Waals surface area contributed by atoms with Crippen LogP contribution in [-0.2, 0) is 11.3 Å². The Labute approximate surface area is 124 Å². The molecule has 2 N–H and O–H groups in total. The van der Waals surface area contributed by atoms with Crippen LogP contribution in [-0.4, -0.2) is 24.6 Å². The van der Waals surface area contributed by atoms with Gasteiger partial charge in [0.1, 0.15) is 0 Å². The van der Waals surface area contributed by atoms with Crippen LogP contribution >= 0.6 is 0 Å². The van der Waals surface area contributed by atoms with Crippen LogP contribution in [0, 0.1) is 0 Å². The van der Waals surface area contributed by atoms with E-state index in [9.17, 15) is 4.79 Å². The van der Waals surface area contributed by atoms with Crippen molar-refractivity contribution in [2.45, 2.75) is 13.5 Å². The van der Waals surface area contributed by atoms with Gasteiger partial charge in [0.25, 0.3) is 0 Å². The van der Waals surface area contributed by atoms with E-state index in [1.807, 2.05) is 30.3 Å². The molecule has 1 aromatic heterocycles. The Kier molecular flexibility index (Phi) is 4.77. The predicted molar refractivity (Wildman–Crippen MR) is 83.2 cm³/mol. The monoisotopic (exact) mass is 285 g/mol. The van der Waals surface area contributed by atoms with Gasteiger partial charge in [-0.3, -0.25) is 4.98 Å². The number of anilines is 2. The molecule has 5 heteroatoms. The number of hydrogen-bond acceptors (Lipinski definition) is 5. The minimum atomic E-state index is -0.381. The van der Waals surface area contributed by atoms with Crippen LogP contribution in [0.2, 0.25) is 0 Å². The molecule has 0 aliphatic carbocycles. The zero-order chi connectivity index (χ0) is 15.2. The molecule has 0 saturated carbocycles. The van der Waals surface area contributed by atoms with Crippen molar-refractivity contribution in [1.29, 1.82) is 0 Å². The summed E-state index contributed by atoms with van der Waals surface area (Å²) in [5.41, 5.74) is 9.05. The lowest BCUT2D eigenvalue weighted by Gasteiger charge is -2.24. The van der Waals surface area contributed by atoms with Crippen LogP contribution in [0.15, 0.2) is 42.6 Å². The maximum absolute atomic E-state index is 11.4. The van der Waals surface area contributed by atoms with Crippen molar-refractivity contribution >= 4 is 17.3 Å². The average molecular weight is 285 g/mol. The molecule has 2 aromatic rings. The second-order valence-electron chi connectivity index (χ2n) is 4.60. The fourth-order valence-corrected chi connectivity index (χ4v) is 2.10. The molecule has 0 atom stereocenters. The first kappa shape index (κ1) is 14.8. The second-order valence-corrected chi connectivity index (χ2v) is 4.60. The molecule has 5 nitrogen and oxygen atoms in total. The maximum Gasteiger partial charge on any atom is 0.339 e. The first-order valence-electron chi connectivity index (χ1n) is 6.78. The van der Waals surface area contributed by atoms with E-state index in [0.29, 0.717) is 12.1 Å². The summed E-state index contributed by atoms with van der Waals surface area (Å²) < 4.78 is 4.66.